The fraction of sp³-hybridized carbons (Fsp3) is 1.00. The highest BCUT2D eigenvalue weighted by Crippen LogP contribution is 2.39. The van der Waals surface area contributed by atoms with E-state index < -0.39 is 0 Å². The van der Waals surface area contributed by atoms with Crippen LogP contribution >= 0.6 is 0 Å². The van der Waals surface area contributed by atoms with Crippen molar-refractivity contribution in [3.8, 4) is 0 Å². The van der Waals surface area contributed by atoms with Crippen LogP contribution in [0.5, 0.6) is 0 Å². The van der Waals surface area contributed by atoms with Gasteiger partial charge in [-0.3, -0.25) is 0 Å². The fourth-order valence-corrected chi connectivity index (χ4v) is 3.39. The molecule has 0 bridgehead atoms. The summed E-state index contributed by atoms with van der Waals surface area (Å²) in [6, 6.07) is 1.10. The first-order valence-electron chi connectivity index (χ1n) is 7.87. The van der Waals surface area contributed by atoms with Crippen molar-refractivity contribution in [1.29, 1.82) is 0 Å². The van der Waals surface area contributed by atoms with E-state index in [1.165, 1.54) is 45.2 Å². The van der Waals surface area contributed by atoms with Gasteiger partial charge in [-0.15, -0.1) is 0 Å². The molecule has 2 aliphatic carbocycles. The monoisotopic (exact) mass is 252 g/mol. The number of rotatable bonds is 5. The maximum atomic E-state index is 6.37. The number of nitrogens with zero attached hydrogens (tertiary/aromatic N) is 1. The zero-order valence-electron chi connectivity index (χ0n) is 12.8. The summed E-state index contributed by atoms with van der Waals surface area (Å²) in [4.78, 5) is 2.68. The predicted octanol–water partition coefficient (Wildman–Crippen LogP) is 3.26. The lowest BCUT2D eigenvalue weighted by Gasteiger charge is -2.42. The van der Waals surface area contributed by atoms with Crippen molar-refractivity contribution in [3.05, 3.63) is 0 Å². The zero-order valence-corrected chi connectivity index (χ0v) is 12.8. The summed E-state index contributed by atoms with van der Waals surface area (Å²) in [6.45, 7) is 12.0. The molecule has 2 N–H and O–H groups in total. The van der Waals surface area contributed by atoms with Crippen LogP contribution in [0.2, 0.25) is 0 Å². The van der Waals surface area contributed by atoms with Crippen LogP contribution in [0.1, 0.15) is 59.8 Å². The molecule has 0 aromatic rings. The van der Waals surface area contributed by atoms with E-state index in [4.69, 9.17) is 5.73 Å². The van der Waals surface area contributed by atoms with Crippen LogP contribution in [0.25, 0.3) is 0 Å². The second-order valence-electron chi connectivity index (χ2n) is 7.82. The molecule has 0 aromatic heterocycles. The van der Waals surface area contributed by atoms with Crippen LogP contribution in [0.3, 0.4) is 0 Å². The highest BCUT2D eigenvalue weighted by atomic mass is 15.2. The first-order chi connectivity index (χ1) is 8.37. The quantitative estimate of drug-likeness (QED) is 0.814. The lowest BCUT2D eigenvalue weighted by atomic mass is 9.70. The average molecular weight is 252 g/mol. The van der Waals surface area contributed by atoms with Gasteiger partial charge >= 0.3 is 0 Å². The Kier molecular flexibility index (Phi) is 4.38. The molecular formula is C16H32N2. The molecule has 2 saturated carbocycles. The van der Waals surface area contributed by atoms with E-state index in [1.54, 1.807) is 0 Å². The largest absolute Gasteiger partial charge is 0.327 e. The molecule has 2 aliphatic rings. The van der Waals surface area contributed by atoms with Crippen LogP contribution in [-0.2, 0) is 0 Å². The predicted molar refractivity (Wildman–Crippen MR) is 78.5 cm³/mol. The molecule has 0 heterocycles. The Morgan fingerprint density at radius 1 is 1.17 bits per heavy atom. The lowest BCUT2D eigenvalue weighted by molar-refractivity contribution is 0.0977. The second-order valence-corrected chi connectivity index (χ2v) is 7.82. The molecule has 0 amide bonds. The summed E-state index contributed by atoms with van der Waals surface area (Å²) in [7, 11) is 0. The first-order valence-corrected chi connectivity index (χ1v) is 7.87. The van der Waals surface area contributed by atoms with E-state index in [9.17, 15) is 0 Å². The van der Waals surface area contributed by atoms with E-state index in [0.717, 1.165) is 5.92 Å². The molecular weight excluding hydrogens is 220 g/mol. The first kappa shape index (κ1) is 14.3. The van der Waals surface area contributed by atoms with Gasteiger partial charge in [-0.2, -0.15) is 0 Å². The highest BCUT2D eigenvalue weighted by molar-refractivity contribution is 4.90. The van der Waals surface area contributed by atoms with E-state index in [1.807, 2.05) is 0 Å². The number of nitrogens with two attached hydrogens (primary N) is 1. The second kappa shape index (κ2) is 5.50. The molecule has 2 fully saturated rings. The smallest absolute Gasteiger partial charge is 0.00797 e. The number of hydrogen-bond donors (Lipinski definition) is 1. The van der Waals surface area contributed by atoms with Crippen molar-refractivity contribution >= 4 is 0 Å². The maximum absolute atomic E-state index is 6.37. The third-order valence-corrected chi connectivity index (χ3v) is 4.96. The van der Waals surface area contributed by atoms with Crippen LogP contribution < -0.4 is 5.73 Å². The lowest BCUT2D eigenvalue weighted by Crippen LogP contribution is -2.47. The van der Waals surface area contributed by atoms with E-state index >= 15 is 0 Å². The SMILES string of the molecule is CC(C)N(CC1CC1)CC1CC(C)(C)CCC1N. The zero-order chi connectivity index (χ0) is 13.3. The molecule has 0 aliphatic heterocycles. The van der Waals surface area contributed by atoms with Crippen molar-refractivity contribution in [3.63, 3.8) is 0 Å². The molecule has 0 radical (unpaired) electrons. The normalized spacial score (nSPS) is 32.2. The van der Waals surface area contributed by atoms with E-state index in [-0.39, 0.29) is 0 Å². The molecule has 2 atom stereocenters. The van der Waals surface area contributed by atoms with Crippen molar-refractivity contribution in [2.75, 3.05) is 13.1 Å². The average Bonchev–Trinajstić information content (AvgIpc) is 3.06. The Morgan fingerprint density at radius 3 is 2.39 bits per heavy atom. The number of hydrogen-bond acceptors (Lipinski definition) is 2. The van der Waals surface area contributed by atoms with Gasteiger partial charge in [0, 0.05) is 25.2 Å². The Hall–Kier alpha value is -0.0800. The summed E-state index contributed by atoms with van der Waals surface area (Å²) in [5, 5.41) is 0. The summed E-state index contributed by atoms with van der Waals surface area (Å²) in [5.74, 6) is 1.69. The summed E-state index contributed by atoms with van der Waals surface area (Å²) >= 11 is 0. The molecule has 2 nitrogen and oxygen atoms in total. The van der Waals surface area contributed by atoms with Gasteiger partial charge in [-0.1, -0.05) is 13.8 Å². The third kappa shape index (κ3) is 3.96. The van der Waals surface area contributed by atoms with Crippen molar-refractivity contribution < 1.29 is 0 Å². The Balaban J connectivity index is 1.91. The van der Waals surface area contributed by atoms with Crippen molar-refractivity contribution in [2.45, 2.75) is 71.9 Å². The maximum Gasteiger partial charge on any atom is 0.00797 e. The van der Waals surface area contributed by atoms with E-state index in [0.29, 0.717) is 23.4 Å². The van der Waals surface area contributed by atoms with Gasteiger partial charge in [0.15, 0.2) is 0 Å². The Labute approximate surface area is 113 Å². The van der Waals surface area contributed by atoms with Gasteiger partial charge in [-0.25, -0.2) is 0 Å². The van der Waals surface area contributed by atoms with Gasteiger partial charge in [0.25, 0.3) is 0 Å². The van der Waals surface area contributed by atoms with Crippen LogP contribution in [0, 0.1) is 17.3 Å². The topological polar surface area (TPSA) is 29.3 Å². The van der Waals surface area contributed by atoms with Crippen LogP contribution in [-0.4, -0.2) is 30.1 Å². The fourth-order valence-electron chi connectivity index (χ4n) is 3.39. The van der Waals surface area contributed by atoms with Crippen LogP contribution in [0.15, 0.2) is 0 Å². The Morgan fingerprint density at radius 2 is 1.83 bits per heavy atom. The Bertz CT molecular complexity index is 268. The molecule has 18 heavy (non-hydrogen) atoms. The standard InChI is InChI=1S/C16H32N2/c1-12(2)18(10-13-5-6-13)11-14-9-16(3,4)8-7-15(14)17/h12-15H,5-11,17H2,1-4H3. The summed E-state index contributed by atoms with van der Waals surface area (Å²) in [5.41, 5.74) is 6.87. The van der Waals surface area contributed by atoms with Gasteiger partial charge in [-0.05, 0) is 63.2 Å². The molecule has 0 spiro atoms. The molecule has 2 rings (SSSR count). The van der Waals surface area contributed by atoms with Crippen molar-refractivity contribution in [1.82, 2.24) is 4.90 Å². The van der Waals surface area contributed by atoms with Gasteiger partial charge in [0.05, 0.1) is 0 Å². The van der Waals surface area contributed by atoms with Gasteiger partial charge < -0.3 is 10.6 Å². The summed E-state index contributed by atoms with van der Waals surface area (Å²) in [6.07, 6.45) is 6.72. The minimum atomic E-state index is 0.429. The molecule has 106 valence electrons. The van der Waals surface area contributed by atoms with Crippen molar-refractivity contribution in [2.24, 2.45) is 23.0 Å². The minimum Gasteiger partial charge on any atom is -0.327 e. The summed E-state index contributed by atoms with van der Waals surface area (Å²) < 4.78 is 0. The molecule has 2 unspecified atom stereocenters. The molecule has 0 saturated heterocycles. The third-order valence-electron chi connectivity index (χ3n) is 4.96. The highest BCUT2D eigenvalue weighted by Gasteiger charge is 2.35. The van der Waals surface area contributed by atoms with Gasteiger partial charge in [0.1, 0.15) is 0 Å². The minimum absolute atomic E-state index is 0.429. The van der Waals surface area contributed by atoms with Crippen LogP contribution in [0.4, 0.5) is 0 Å². The van der Waals surface area contributed by atoms with Gasteiger partial charge in [0.2, 0.25) is 0 Å². The molecule has 0 aromatic carbocycles. The molecule has 2 heteroatoms. The van der Waals surface area contributed by atoms with E-state index in [2.05, 4.69) is 32.6 Å².